The first-order chi connectivity index (χ1) is 0. The first-order valence-electron chi connectivity index (χ1n) is 0. The molecule has 0 nitrogen and oxygen atoms in total. The van der Waals surface area contributed by atoms with Crippen LogP contribution in [0.1, 0.15) is 2.85 Å². The van der Waals surface area contributed by atoms with E-state index in [0.29, 0.717) is 0 Å². The summed E-state index contributed by atoms with van der Waals surface area (Å²) in [6, 6.07) is 0. The van der Waals surface area contributed by atoms with Crippen molar-refractivity contribution in [1.82, 2.24) is 0 Å². The van der Waals surface area contributed by atoms with E-state index in [-0.39, 0.29) is 81.0 Å². The molecule has 0 aliphatic rings. The molecule has 1 radical (unpaired) electrons. The van der Waals surface area contributed by atoms with E-state index in [1.54, 1.807) is 0 Å². The summed E-state index contributed by atoms with van der Waals surface area (Å²) in [5, 5.41) is 0. The van der Waals surface area contributed by atoms with Gasteiger partial charge in [0.1, 0.15) is 0 Å². The maximum Gasteiger partial charge on any atom is 2.00 e. The molecule has 0 spiro atoms. The smallest absolute Gasteiger partial charge is 1.00 e. The van der Waals surface area contributed by atoms with E-state index in [1.807, 2.05) is 0 Å². The van der Waals surface area contributed by atoms with Crippen LogP contribution >= 0.6 is 0 Å². The van der Waals surface area contributed by atoms with Crippen LogP contribution in [0.3, 0.4) is 0 Å². The normalized spacial score (nSPS) is 0. The Kier molecular flexibility index (Phi) is 386. The minimum atomic E-state index is 0. The maximum atomic E-state index is 0. The molecule has 0 aromatic rings. The average Bonchev–Trinajstić information content (AvgIpc) is 0. The SMILES string of the molecule is [Be+2].[Cr].[Fe].[H-].[H-].[Mn].[Ni]. The van der Waals surface area contributed by atoms with E-state index < -0.39 is 0 Å². The van der Waals surface area contributed by atoms with E-state index in [0.717, 1.165) is 0 Å². The summed E-state index contributed by atoms with van der Waals surface area (Å²) in [4.78, 5) is 0. The zero-order chi connectivity index (χ0) is 0. The zero-order valence-corrected chi connectivity index (χ0v) is 6.71. The van der Waals surface area contributed by atoms with Crippen molar-refractivity contribution >= 4 is 10.1 Å². The first-order valence-corrected chi connectivity index (χ1v) is 0. The van der Waals surface area contributed by atoms with Gasteiger partial charge in [-0.05, 0) is 0 Å². The monoisotopic (exact) mass is 232 g/mol. The van der Waals surface area contributed by atoms with Gasteiger partial charge in [-0.1, -0.05) is 0 Å². The summed E-state index contributed by atoms with van der Waals surface area (Å²) in [5.74, 6) is 0. The molecule has 0 unspecified atom stereocenters. The summed E-state index contributed by atoms with van der Waals surface area (Å²) in [6.45, 7) is 0. The van der Waals surface area contributed by atoms with Gasteiger partial charge < -0.3 is 2.85 Å². The molecule has 0 amide bonds. The zero-order valence-electron chi connectivity index (χ0n) is 4.16. The van der Waals surface area contributed by atoms with Crippen LogP contribution < -0.4 is 0 Å². The molecule has 0 N–H and O–H groups in total. The fourth-order valence-electron chi connectivity index (χ4n) is 0. The Morgan fingerprint density at radius 3 is 1.20 bits per heavy atom. The molecule has 0 fully saturated rings. The summed E-state index contributed by atoms with van der Waals surface area (Å²) < 4.78 is 0. The molecule has 0 saturated carbocycles. The summed E-state index contributed by atoms with van der Waals surface area (Å²) >= 11 is 0. The van der Waals surface area contributed by atoms with Crippen molar-refractivity contribution in [2.75, 3.05) is 0 Å². The number of hydrogen-bond donors (Lipinski definition) is 0. The van der Waals surface area contributed by atoms with Crippen LogP contribution in [0, 0.1) is 0 Å². The fraction of sp³-hybridized carbons (Fsp3) is 0. The van der Waals surface area contributed by atoms with Crippen molar-refractivity contribution in [3.8, 4) is 0 Å². The van der Waals surface area contributed by atoms with Gasteiger partial charge in [0, 0.05) is 68.0 Å². The second-order valence-corrected chi connectivity index (χ2v) is 0. The Morgan fingerprint density at radius 1 is 1.20 bits per heavy atom. The standard InChI is InChI=1S/Be.Cr.Fe.Mn.Ni.2H/q+2;;;;;2*-1. The van der Waals surface area contributed by atoms with E-state index in [1.165, 1.54) is 0 Å². The predicted molar refractivity (Wildman–Crippen MR) is 7.98 cm³/mol. The predicted octanol–water partition coefficient (Wildman–Crippen LogP) is -0.166. The summed E-state index contributed by atoms with van der Waals surface area (Å²) in [6.07, 6.45) is 0. The van der Waals surface area contributed by atoms with Crippen molar-refractivity contribution < 1.29 is 70.8 Å². The van der Waals surface area contributed by atoms with Crippen molar-refractivity contribution in [2.45, 2.75) is 0 Å². The van der Waals surface area contributed by atoms with Gasteiger partial charge in [-0.15, -0.1) is 0 Å². The molecule has 0 bridgehead atoms. The van der Waals surface area contributed by atoms with E-state index in [9.17, 15) is 0 Å². The van der Waals surface area contributed by atoms with Gasteiger partial charge >= 0.3 is 10.1 Å². The minimum absolute atomic E-state index is 0. The third-order valence-corrected chi connectivity index (χ3v) is 0. The van der Waals surface area contributed by atoms with Gasteiger partial charge in [0.25, 0.3) is 0 Å². The summed E-state index contributed by atoms with van der Waals surface area (Å²) in [7, 11) is 0. The second kappa shape index (κ2) is 34.2. The molecule has 0 heterocycles. The first kappa shape index (κ1) is 56.3. The Labute approximate surface area is 80.4 Å². The average molecular weight is 232 g/mol. The van der Waals surface area contributed by atoms with Crippen LogP contribution in [0.15, 0.2) is 0 Å². The van der Waals surface area contributed by atoms with Crippen LogP contribution in [-0.4, -0.2) is 10.1 Å². The molecule has 5 heavy (non-hydrogen) atoms. The molecule has 0 aromatic carbocycles. The van der Waals surface area contributed by atoms with E-state index in [4.69, 9.17) is 0 Å². The van der Waals surface area contributed by atoms with Crippen LogP contribution in [0.25, 0.3) is 0 Å². The van der Waals surface area contributed by atoms with E-state index in [2.05, 4.69) is 0 Å². The molecule has 0 aromatic heterocycles. The topological polar surface area (TPSA) is 0 Å². The largest absolute Gasteiger partial charge is 2.00 e. The van der Waals surface area contributed by atoms with E-state index >= 15 is 0 Å². The molecule has 0 rings (SSSR count). The van der Waals surface area contributed by atoms with Crippen LogP contribution in [-0.2, 0) is 68.0 Å². The van der Waals surface area contributed by atoms with Crippen molar-refractivity contribution in [3.63, 3.8) is 0 Å². The molecule has 0 aliphatic carbocycles. The number of rotatable bonds is 0. The van der Waals surface area contributed by atoms with Gasteiger partial charge in [-0.25, -0.2) is 0 Å². The van der Waals surface area contributed by atoms with Crippen LogP contribution in [0.5, 0.6) is 0 Å². The van der Waals surface area contributed by atoms with Crippen molar-refractivity contribution in [1.29, 1.82) is 0 Å². The van der Waals surface area contributed by atoms with Crippen LogP contribution in [0.2, 0.25) is 0 Å². The van der Waals surface area contributed by atoms with Gasteiger partial charge in [0.2, 0.25) is 0 Å². The fourth-order valence-corrected chi connectivity index (χ4v) is 0. The number of hydrogen-bond acceptors (Lipinski definition) is 0. The Morgan fingerprint density at radius 2 is 1.20 bits per heavy atom. The molecular weight excluding hydrogens is 230 g/mol. The van der Waals surface area contributed by atoms with Gasteiger partial charge in [-0.2, -0.15) is 0 Å². The molecule has 0 aliphatic heterocycles. The molecular formula is H2BeCrFeMnNi. The molecule has 35 valence electrons. The second-order valence-electron chi connectivity index (χ2n) is 0. The van der Waals surface area contributed by atoms with Crippen molar-refractivity contribution in [2.24, 2.45) is 0 Å². The van der Waals surface area contributed by atoms with Gasteiger partial charge in [-0.3, -0.25) is 0 Å². The van der Waals surface area contributed by atoms with Gasteiger partial charge in [0.15, 0.2) is 0 Å². The van der Waals surface area contributed by atoms with Gasteiger partial charge in [0.05, 0.1) is 0 Å². The molecule has 5 heteroatoms. The Bertz CT molecular complexity index is 17.7. The third kappa shape index (κ3) is 22.4. The molecule has 0 saturated heterocycles. The van der Waals surface area contributed by atoms with Crippen LogP contribution in [0.4, 0.5) is 0 Å². The minimum Gasteiger partial charge on any atom is -1.00 e. The quantitative estimate of drug-likeness (QED) is 0.509. The third-order valence-electron chi connectivity index (χ3n) is 0. The summed E-state index contributed by atoms with van der Waals surface area (Å²) in [5.41, 5.74) is 0. The van der Waals surface area contributed by atoms with Crippen molar-refractivity contribution in [3.05, 3.63) is 0 Å². The molecule has 0 atom stereocenters. The maximum absolute atomic E-state index is 0. The Hall–Kier alpha value is 2.23. The Balaban J connectivity index is 0.